The number of fused-ring (bicyclic) bond motifs is 9. The summed E-state index contributed by atoms with van der Waals surface area (Å²) >= 11 is 8.05. The molecule has 7 rings (SSSR count). The van der Waals surface area contributed by atoms with Gasteiger partial charge in [0.05, 0.1) is 16.5 Å². The molecule has 3 aliphatic rings. The average Bonchev–Trinajstić information content (AvgIpc) is 2.80. The molecule has 6 heteroatoms. The highest BCUT2D eigenvalue weighted by Crippen LogP contribution is 2.62. The van der Waals surface area contributed by atoms with Crippen LogP contribution < -0.4 is 10.4 Å². The lowest BCUT2D eigenvalue weighted by atomic mass is 9.61. The van der Waals surface area contributed by atoms with Crippen LogP contribution in [0, 0.1) is 5.92 Å². The van der Waals surface area contributed by atoms with Gasteiger partial charge in [-0.1, -0.05) is 47.6 Å². The summed E-state index contributed by atoms with van der Waals surface area (Å²) in [7, 11) is 0. The summed E-state index contributed by atoms with van der Waals surface area (Å²) in [5.41, 5.74) is 3.78. The predicted molar refractivity (Wildman–Crippen MR) is 142 cm³/mol. The van der Waals surface area contributed by atoms with Gasteiger partial charge in [-0.2, -0.15) is 0 Å². The van der Waals surface area contributed by atoms with E-state index in [0.29, 0.717) is 21.9 Å². The molecule has 3 atom stereocenters. The van der Waals surface area contributed by atoms with Crippen LogP contribution in [0.15, 0.2) is 68.3 Å². The minimum atomic E-state index is -0.417. The van der Waals surface area contributed by atoms with E-state index in [0.717, 1.165) is 39.7 Å². The standard InChI is InChI=1S/C29H24ClNO3S/c1-28(2)19-10-11-29(3)20(13-16-12-15-8-9-17(30)14-21(15)31-26(16)35-29)23(19)24-25(34-28)18-6-4-5-7-22(18)33-27(24)32/h4-9,12-14,19,23H,10-11H2,1-3H3. The molecule has 4 nitrogen and oxygen atoms in total. The van der Waals surface area contributed by atoms with E-state index in [9.17, 15) is 4.79 Å². The van der Waals surface area contributed by atoms with Crippen molar-refractivity contribution >= 4 is 51.3 Å². The normalized spacial score (nSPS) is 26.2. The second-order valence-electron chi connectivity index (χ2n) is 10.6. The zero-order valence-corrected chi connectivity index (χ0v) is 21.3. The van der Waals surface area contributed by atoms with Gasteiger partial charge >= 0.3 is 5.63 Å². The lowest BCUT2D eigenvalue weighted by molar-refractivity contribution is 0.00284. The second-order valence-corrected chi connectivity index (χ2v) is 12.5. The molecule has 4 aromatic rings. The van der Waals surface area contributed by atoms with Crippen molar-refractivity contribution in [1.82, 2.24) is 4.98 Å². The van der Waals surface area contributed by atoms with Crippen LogP contribution in [0.1, 0.15) is 50.7 Å². The van der Waals surface area contributed by atoms with Gasteiger partial charge in [0, 0.05) is 32.6 Å². The SMILES string of the molecule is CC12CCC3C(C1=Cc1cc4ccc(Cl)cc4nc1S2)c1c(c2ccccc2oc1=O)OC3(C)C. The summed E-state index contributed by atoms with van der Waals surface area (Å²) in [5.74, 6) is 0.776. The van der Waals surface area contributed by atoms with Gasteiger partial charge in [0.15, 0.2) is 0 Å². The number of hydrogen-bond donors (Lipinski definition) is 0. The Labute approximate surface area is 212 Å². The number of para-hydroxylation sites is 1. The van der Waals surface area contributed by atoms with Crippen LogP contribution in [0.2, 0.25) is 5.02 Å². The molecule has 3 unspecified atom stereocenters. The monoisotopic (exact) mass is 501 g/mol. The molecule has 0 saturated heterocycles. The Morgan fingerprint density at radius 1 is 1.11 bits per heavy atom. The van der Waals surface area contributed by atoms with Gasteiger partial charge < -0.3 is 9.15 Å². The van der Waals surface area contributed by atoms with E-state index in [2.05, 4.69) is 32.9 Å². The molecule has 2 aromatic carbocycles. The van der Waals surface area contributed by atoms with Gasteiger partial charge in [0.25, 0.3) is 0 Å². The maximum Gasteiger partial charge on any atom is 0.343 e. The van der Waals surface area contributed by atoms with Crippen LogP contribution in [0.4, 0.5) is 0 Å². The number of rotatable bonds is 0. The molecule has 35 heavy (non-hydrogen) atoms. The third-order valence-electron chi connectivity index (χ3n) is 8.05. The van der Waals surface area contributed by atoms with Crippen LogP contribution in [-0.4, -0.2) is 15.3 Å². The molecular weight excluding hydrogens is 478 g/mol. The number of ether oxygens (including phenoxy) is 1. The van der Waals surface area contributed by atoms with Crippen LogP contribution in [0.3, 0.4) is 0 Å². The maximum atomic E-state index is 13.5. The number of pyridine rings is 1. The topological polar surface area (TPSA) is 52.3 Å². The fourth-order valence-electron chi connectivity index (χ4n) is 6.30. The zero-order chi connectivity index (χ0) is 24.1. The third kappa shape index (κ3) is 3.07. The molecule has 1 aliphatic carbocycles. The lowest BCUT2D eigenvalue weighted by Crippen LogP contribution is -2.52. The maximum absolute atomic E-state index is 13.5. The first kappa shape index (κ1) is 21.5. The number of nitrogens with zero attached hydrogens (tertiary/aromatic N) is 1. The average molecular weight is 502 g/mol. The quantitative estimate of drug-likeness (QED) is 0.232. The number of halogens is 1. The molecule has 2 aromatic heterocycles. The van der Waals surface area contributed by atoms with Gasteiger partial charge in [-0.25, -0.2) is 9.78 Å². The first-order valence-electron chi connectivity index (χ1n) is 12.0. The van der Waals surface area contributed by atoms with E-state index in [4.69, 9.17) is 25.7 Å². The van der Waals surface area contributed by atoms with Crippen molar-refractivity contribution in [1.29, 1.82) is 0 Å². The Kier molecular flexibility index (Phi) is 4.39. The molecular formula is C29H24ClNO3S. The molecule has 1 fully saturated rings. The van der Waals surface area contributed by atoms with Crippen molar-refractivity contribution in [3.63, 3.8) is 0 Å². The summed E-state index contributed by atoms with van der Waals surface area (Å²) in [6.45, 7) is 6.60. The van der Waals surface area contributed by atoms with Gasteiger partial charge in [0.2, 0.25) is 0 Å². The summed E-state index contributed by atoms with van der Waals surface area (Å²) < 4.78 is 12.3. The summed E-state index contributed by atoms with van der Waals surface area (Å²) in [6, 6.07) is 15.7. The highest BCUT2D eigenvalue weighted by molar-refractivity contribution is 8.01. The number of thioether (sulfide) groups is 1. The molecule has 0 amide bonds. The molecule has 1 saturated carbocycles. The van der Waals surface area contributed by atoms with Crippen molar-refractivity contribution in [2.24, 2.45) is 5.92 Å². The Hall–Kier alpha value is -2.76. The van der Waals surface area contributed by atoms with Crippen LogP contribution in [0.5, 0.6) is 5.75 Å². The summed E-state index contributed by atoms with van der Waals surface area (Å²) in [4.78, 5) is 18.4. The molecule has 0 N–H and O–H groups in total. The van der Waals surface area contributed by atoms with E-state index >= 15 is 0 Å². The van der Waals surface area contributed by atoms with Crippen molar-refractivity contribution in [2.45, 2.75) is 54.9 Å². The summed E-state index contributed by atoms with van der Waals surface area (Å²) in [6.07, 6.45) is 4.23. The first-order chi connectivity index (χ1) is 16.7. The second kappa shape index (κ2) is 7.14. The minimum absolute atomic E-state index is 0.0741. The largest absolute Gasteiger partial charge is 0.486 e. The smallest absolute Gasteiger partial charge is 0.343 e. The van der Waals surface area contributed by atoms with E-state index in [1.165, 1.54) is 5.57 Å². The van der Waals surface area contributed by atoms with Gasteiger partial charge in [-0.05, 0) is 69.5 Å². The highest BCUT2D eigenvalue weighted by Gasteiger charge is 2.55. The van der Waals surface area contributed by atoms with Gasteiger partial charge in [-0.15, -0.1) is 0 Å². The Morgan fingerprint density at radius 3 is 2.80 bits per heavy atom. The molecule has 2 aliphatic heterocycles. The first-order valence-corrected chi connectivity index (χ1v) is 13.2. The van der Waals surface area contributed by atoms with Crippen molar-refractivity contribution in [3.8, 4) is 5.75 Å². The van der Waals surface area contributed by atoms with E-state index in [1.54, 1.807) is 0 Å². The minimum Gasteiger partial charge on any atom is -0.486 e. The molecule has 4 heterocycles. The van der Waals surface area contributed by atoms with Crippen molar-refractivity contribution in [2.75, 3.05) is 0 Å². The Bertz CT molecular complexity index is 1660. The molecule has 0 spiro atoms. The van der Waals surface area contributed by atoms with Crippen LogP contribution >= 0.6 is 23.4 Å². The Morgan fingerprint density at radius 2 is 1.94 bits per heavy atom. The molecule has 0 radical (unpaired) electrons. The van der Waals surface area contributed by atoms with E-state index in [-0.39, 0.29) is 22.2 Å². The summed E-state index contributed by atoms with van der Waals surface area (Å²) in [5, 5.41) is 3.62. The number of hydrogen-bond acceptors (Lipinski definition) is 5. The van der Waals surface area contributed by atoms with Crippen LogP contribution in [0.25, 0.3) is 27.9 Å². The number of aromatic nitrogens is 1. The lowest BCUT2D eigenvalue weighted by Gasteiger charge is -2.53. The van der Waals surface area contributed by atoms with Crippen molar-refractivity contribution in [3.05, 3.63) is 80.7 Å². The van der Waals surface area contributed by atoms with Gasteiger partial charge in [-0.3, -0.25) is 0 Å². The molecule has 176 valence electrons. The predicted octanol–water partition coefficient (Wildman–Crippen LogP) is 7.61. The van der Waals surface area contributed by atoms with Crippen LogP contribution in [-0.2, 0) is 0 Å². The zero-order valence-electron chi connectivity index (χ0n) is 19.7. The fraction of sp³-hybridized carbons (Fsp3) is 0.310. The van der Waals surface area contributed by atoms with E-state index < -0.39 is 5.60 Å². The fourth-order valence-corrected chi connectivity index (χ4v) is 7.80. The third-order valence-corrected chi connectivity index (χ3v) is 9.70. The molecule has 0 bridgehead atoms. The van der Waals surface area contributed by atoms with Crippen molar-refractivity contribution < 1.29 is 9.15 Å². The highest BCUT2D eigenvalue weighted by atomic mass is 35.5. The van der Waals surface area contributed by atoms with Gasteiger partial charge in [0.1, 0.15) is 22.0 Å². The Balaban J connectivity index is 1.50. The number of benzene rings is 2. The van der Waals surface area contributed by atoms with E-state index in [1.807, 2.05) is 54.2 Å².